The summed E-state index contributed by atoms with van der Waals surface area (Å²) in [6, 6.07) is 6.22. The molecule has 4 heterocycles. The summed E-state index contributed by atoms with van der Waals surface area (Å²) in [7, 11) is 0. The van der Waals surface area contributed by atoms with Crippen LogP contribution in [0.4, 0.5) is 0 Å². The third-order valence-corrected chi connectivity index (χ3v) is 5.76. The van der Waals surface area contributed by atoms with Gasteiger partial charge in [-0.1, -0.05) is 23.2 Å². The van der Waals surface area contributed by atoms with Gasteiger partial charge in [0.25, 0.3) is 0 Å². The average Bonchev–Trinajstić information content (AvgIpc) is 3.26. The van der Waals surface area contributed by atoms with E-state index >= 15 is 0 Å². The maximum absolute atomic E-state index is 6.26. The van der Waals surface area contributed by atoms with Crippen molar-refractivity contribution in [2.45, 2.75) is 19.1 Å². The number of halogens is 2. The fourth-order valence-electron chi connectivity index (χ4n) is 3.48. The molecule has 0 aliphatic carbocycles. The van der Waals surface area contributed by atoms with Crippen LogP contribution in [0.15, 0.2) is 43.0 Å². The highest BCUT2D eigenvalue weighted by Gasteiger charge is 2.21. The van der Waals surface area contributed by atoms with Gasteiger partial charge in [-0.3, -0.25) is 14.8 Å². The first-order valence-corrected chi connectivity index (χ1v) is 10.0. The van der Waals surface area contributed by atoms with Gasteiger partial charge in [-0.15, -0.1) is 0 Å². The van der Waals surface area contributed by atoms with Crippen molar-refractivity contribution < 1.29 is 4.74 Å². The Bertz CT molecular complexity index is 1160. The van der Waals surface area contributed by atoms with Crippen molar-refractivity contribution in [2.24, 2.45) is 0 Å². The zero-order valence-electron chi connectivity index (χ0n) is 15.6. The summed E-state index contributed by atoms with van der Waals surface area (Å²) in [6.45, 7) is 3.79. The maximum Gasteiger partial charge on any atom is 0.124 e. The number of aromatic nitrogens is 5. The van der Waals surface area contributed by atoms with Crippen LogP contribution in [0.1, 0.15) is 24.6 Å². The number of nitrogens with one attached hydrogen (secondary N) is 2. The van der Waals surface area contributed by atoms with Crippen LogP contribution in [0.2, 0.25) is 10.0 Å². The van der Waals surface area contributed by atoms with Gasteiger partial charge >= 0.3 is 0 Å². The normalized spacial score (nSPS) is 15.4. The lowest BCUT2D eigenvalue weighted by atomic mass is 10.1. The van der Waals surface area contributed by atoms with Gasteiger partial charge in [0.15, 0.2) is 0 Å². The highest BCUT2D eigenvalue weighted by molar-refractivity contribution is 6.35. The Labute approximate surface area is 177 Å². The van der Waals surface area contributed by atoms with Gasteiger partial charge in [0, 0.05) is 48.2 Å². The van der Waals surface area contributed by atoms with E-state index < -0.39 is 0 Å². The number of rotatable bonds is 5. The quantitative estimate of drug-likeness (QED) is 0.491. The van der Waals surface area contributed by atoms with Gasteiger partial charge < -0.3 is 10.1 Å². The van der Waals surface area contributed by atoms with Crippen molar-refractivity contribution in [1.29, 1.82) is 0 Å². The highest BCUT2D eigenvalue weighted by Crippen LogP contribution is 2.34. The molecule has 4 aromatic rings. The summed E-state index contributed by atoms with van der Waals surface area (Å²) in [5.74, 6) is 0.701. The molecule has 1 atom stereocenters. The summed E-state index contributed by atoms with van der Waals surface area (Å²) in [5, 5.41) is 17.2. The van der Waals surface area contributed by atoms with Crippen LogP contribution in [-0.2, 0) is 0 Å². The van der Waals surface area contributed by atoms with Crippen LogP contribution in [0.3, 0.4) is 0 Å². The number of benzene rings is 1. The molecule has 1 aliphatic heterocycles. The number of pyridine rings is 1. The van der Waals surface area contributed by atoms with Crippen molar-refractivity contribution in [2.75, 3.05) is 13.1 Å². The minimum absolute atomic E-state index is 0.334. The van der Waals surface area contributed by atoms with E-state index in [0.29, 0.717) is 27.4 Å². The molecule has 29 heavy (non-hydrogen) atoms. The molecule has 5 rings (SSSR count). The van der Waals surface area contributed by atoms with Crippen LogP contribution in [0.25, 0.3) is 22.2 Å². The van der Waals surface area contributed by atoms with E-state index in [9.17, 15) is 0 Å². The van der Waals surface area contributed by atoms with Crippen molar-refractivity contribution in [3.63, 3.8) is 0 Å². The third-order valence-electron chi connectivity index (χ3n) is 5.15. The number of fused-ring (bicyclic) bond motifs is 1. The van der Waals surface area contributed by atoms with Gasteiger partial charge in [0.2, 0.25) is 0 Å². The van der Waals surface area contributed by atoms with E-state index in [1.54, 1.807) is 12.4 Å². The van der Waals surface area contributed by atoms with Gasteiger partial charge in [0.1, 0.15) is 17.5 Å². The Morgan fingerprint density at radius 2 is 1.97 bits per heavy atom. The smallest absolute Gasteiger partial charge is 0.124 e. The molecule has 3 aromatic heterocycles. The van der Waals surface area contributed by atoms with E-state index in [2.05, 4.69) is 25.6 Å². The van der Waals surface area contributed by atoms with Crippen molar-refractivity contribution >= 4 is 34.1 Å². The molecule has 1 unspecified atom stereocenters. The first-order chi connectivity index (χ1) is 14.1. The van der Waals surface area contributed by atoms with Gasteiger partial charge in [-0.25, -0.2) is 0 Å². The van der Waals surface area contributed by atoms with Crippen LogP contribution in [0.5, 0.6) is 5.75 Å². The van der Waals surface area contributed by atoms with Crippen molar-refractivity contribution in [3.05, 3.63) is 58.6 Å². The number of hydrogen-bond donors (Lipinski definition) is 2. The summed E-state index contributed by atoms with van der Waals surface area (Å²) in [6.07, 6.45) is 6.68. The Hall–Kier alpha value is -2.61. The minimum atomic E-state index is -0.334. The topological polar surface area (TPSA) is 80.6 Å². The molecule has 1 aliphatic rings. The first-order valence-electron chi connectivity index (χ1n) is 9.29. The summed E-state index contributed by atoms with van der Waals surface area (Å²) in [5.41, 5.74) is 3.45. The third kappa shape index (κ3) is 3.35. The standard InChI is InChI=1S/C20H18Cl2N6O/c1-11(19-16(21)8-24-9-17(19)22)29-14-2-3-18-15(4-14)20(27-26-18)12-5-25-28(10-12)13-6-23-7-13/h2-5,8-11,13,23H,6-7H2,1H3,(H,26,27). The minimum Gasteiger partial charge on any atom is -0.486 e. The van der Waals surface area contributed by atoms with Crippen molar-refractivity contribution in [1.82, 2.24) is 30.3 Å². The number of aromatic amines is 1. The second-order valence-electron chi connectivity index (χ2n) is 7.08. The predicted octanol–water partition coefficient (Wildman–Crippen LogP) is 4.41. The zero-order valence-corrected chi connectivity index (χ0v) is 17.1. The Morgan fingerprint density at radius 3 is 2.69 bits per heavy atom. The Morgan fingerprint density at radius 1 is 1.17 bits per heavy atom. The van der Waals surface area contributed by atoms with E-state index in [1.807, 2.05) is 42.2 Å². The molecule has 1 aromatic carbocycles. The molecule has 1 fully saturated rings. The lowest BCUT2D eigenvalue weighted by Crippen LogP contribution is -2.43. The average molecular weight is 429 g/mol. The SMILES string of the molecule is CC(Oc1ccc2[nH]nc(-c3cnn(C4CNC4)c3)c2c1)c1c(Cl)cncc1Cl. The van der Waals surface area contributed by atoms with Gasteiger partial charge in [-0.05, 0) is 25.1 Å². The molecule has 2 N–H and O–H groups in total. The largest absolute Gasteiger partial charge is 0.486 e. The molecule has 9 heteroatoms. The zero-order chi connectivity index (χ0) is 20.0. The predicted molar refractivity (Wildman–Crippen MR) is 113 cm³/mol. The van der Waals surface area contributed by atoms with Crippen molar-refractivity contribution in [3.8, 4) is 17.0 Å². The van der Waals surface area contributed by atoms with E-state index in [1.165, 1.54) is 0 Å². The molecule has 7 nitrogen and oxygen atoms in total. The molecule has 1 saturated heterocycles. The monoisotopic (exact) mass is 428 g/mol. The summed E-state index contributed by atoms with van der Waals surface area (Å²) < 4.78 is 8.12. The van der Waals surface area contributed by atoms with Gasteiger partial charge in [-0.2, -0.15) is 10.2 Å². The maximum atomic E-state index is 6.26. The molecular formula is C20H18Cl2N6O. The second-order valence-corrected chi connectivity index (χ2v) is 7.89. The molecule has 0 saturated carbocycles. The van der Waals surface area contributed by atoms with Crippen LogP contribution in [0, 0.1) is 0 Å². The molecule has 148 valence electrons. The Balaban J connectivity index is 1.45. The van der Waals surface area contributed by atoms with E-state index in [0.717, 1.165) is 35.2 Å². The molecule has 0 spiro atoms. The fraction of sp³-hybridized carbons (Fsp3) is 0.250. The lowest BCUT2D eigenvalue weighted by molar-refractivity contribution is 0.227. The second kappa shape index (κ2) is 7.33. The molecule has 0 bridgehead atoms. The number of ether oxygens (including phenoxy) is 1. The van der Waals surface area contributed by atoms with Crippen LogP contribution < -0.4 is 10.1 Å². The number of nitrogens with zero attached hydrogens (tertiary/aromatic N) is 4. The lowest BCUT2D eigenvalue weighted by Gasteiger charge is -2.27. The number of hydrogen-bond acceptors (Lipinski definition) is 5. The summed E-state index contributed by atoms with van der Waals surface area (Å²) >= 11 is 12.5. The van der Waals surface area contributed by atoms with Gasteiger partial charge in [0.05, 0.1) is 27.8 Å². The first kappa shape index (κ1) is 18.4. The Kier molecular flexibility index (Phi) is 4.66. The summed E-state index contributed by atoms with van der Waals surface area (Å²) in [4.78, 5) is 3.99. The van der Waals surface area contributed by atoms with E-state index in [4.69, 9.17) is 27.9 Å². The fourth-order valence-corrected chi connectivity index (χ4v) is 4.15. The molecule has 0 amide bonds. The van der Waals surface area contributed by atoms with E-state index in [-0.39, 0.29) is 6.10 Å². The molecular weight excluding hydrogens is 411 g/mol. The highest BCUT2D eigenvalue weighted by atomic mass is 35.5. The van der Waals surface area contributed by atoms with Crippen LogP contribution in [-0.4, -0.2) is 38.1 Å². The molecule has 0 radical (unpaired) electrons. The number of H-pyrrole nitrogens is 1. The van der Waals surface area contributed by atoms with Crippen LogP contribution >= 0.6 is 23.2 Å².